The van der Waals surface area contributed by atoms with Gasteiger partial charge in [0.15, 0.2) is 5.78 Å². The highest BCUT2D eigenvalue weighted by atomic mass is 32.2. The van der Waals surface area contributed by atoms with Crippen LogP contribution in [-0.2, 0) is 0 Å². The molecule has 0 radical (unpaired) electrons. The highest BCUT2D eigenvalue weighted by Gasteiger charge is 2.02. The molecule has 0 aromatic heterocycles. The van der Waals surface area contributed by atoms with Crippen molar-refractivity contribution in [2.24, 2.45) is 0 Å². The van der Waals surface area contributed by atoms with Crippen molar-refractivity contribution in [1.82, 2.24) is 0 Å². The van der Waals surface area contributed by atoms with Crippen molar-refractivity contribution in [3.63, 3.8) is 0 Å². The van der Waals surface area contributed by atoms with Crippen LogP contribution < -0.4 is 0 Å². The maximum atomic E-state index is 11.4. The van der Waals surface area contributed by atoms with Gasteiger partial charge < -0.3 is 0 Å². The SMILES string of the molecule is CCCCSc1ccc(C(=O)CC)cc1. The van der Waals surface area contributed by atoms with Gasteiger partial charge in [0.25, 0.3) is 0 Å². The Kier molecular flexibility index (Phi) is 5.48. The maximum absolute atomic E-state index is 11.4. The molecule has 0 amide bonds. The minimum absolute atomic E-state index is 0.222. The lowest BCUT2D eigenvalue weighted by Gasteiger charge is -2.02. The summed E-state index contributed by atoms with van der Waals surface area (Å²) in [5.74, 6) is 1.39. The average molecular weight is 222 g/mol. The van der Waals surface area contributed by atoms with Crippen LogP contribution in [0.1, 0.15) is 43.5 Å². The molecular weight excluding hydrogens is 204 g/mol. The van der Waals surface area contributed by atoms with Crippen molar-refractivity contribution in [3.8, 4) is 0 Å². The van der Waals surface area contributed by atoms with Gasteiger partial charge >= 0.3 is 0 Å². The van der Waals surface area contributed by atoms with Gasteiger partial charge in [-0.15, -0.1) is 11.8 Å². The Balaban J connectivity index is 2.52. The normalized spacial score (nSPS) is 10.3. The maximum Gasteiger partial charge on any atom is 0.162 e. The van der Waals surface area contributed by atoms with E-state index in [1.165, 1.54) is 17.7 Å². The molecule has 1 rings (SSSR count). The van der Waals surface area contributed by atoms with Gasteiger partial charge in [-0.3, -0.25) is 4.79 Å². The molecule has 0 fully saturated rings. The Bertz CT molecular complexity index is 303. The highest BCUT2D eigenvalue weighted by Crippen LogP contribution is 2.20. The van der Waals surface area contributed by atoms with E-state index in [0.717, 1.165) is 11.3 Å². The van der Waals surface area contributed by atoms with Crippen LogP contribution in [0.3, 0.4) is 0 Å². The number of carbonyl (C=O) groups excluding carboxylic acids is 1. The van der Waals surface area contributed by atoms with Crippen LogP contribution in [0.25, 0.3) is 0 Å². The first-order chi connectivity index (χ1) is 7.27. The Labute approximate surface area is 96.3 Å². The molecule has 0 unspecified atom stereocenters. The molecule has 1 nitrogen and oxygen atoms in total. The number of Topliss-reactive ketones (excluding diaryl/α,β-unsaturated/α-hetero) is 1. The predicted molar refractivity (Wildman–Crippen MR) is 66.7 cm³/mol. The quantitative estimate of drug-likeness (QED) is 0.408. The summed E-state index contributed by atoms with van der Waals surface area (Å²) in [5, 5.41) is 0. The molecule has 0 N–H and O–H groups in total. The summed E-state index contributed by atoms with van der Waals surface area (Å²) < 4.78 is 0. The molecule has 0 aliphatic rings. The lowest BCUT2D eigenvalue weighted by atomic mass is 10.1. The molecule has 0 aliphatic carbocycles. The zero-order chi connectivity index (χ0) is 11.1. The average Bonchev–Trinajstić information content (AvgIpc) is 2.29. The van der Waals surface area contributed by atoms with E-state index in [2.05, 4.69) is 6.92 Å². The zero-order valence-corrected chi connectivity index (χ0v) is 10.3. The van der Waals surface area contributed by atoms with Crippen molar-refractivity contribution in [1.29, 1.82) is 0 Å². The van der Waals surface area contributed by atoms with Gasteiger partial charge in [0.2, 0.25) is 0 Å². The molecule has 0 atom stereocenters. The molecular formula is C13H18OS. The molecule has 0 saturated heterocycles. The number of carbonyl (C=O) groups is 1. The number of ketones is 1. The molecule has 0 heterocycles. The van der Waals surface area contributed by atoms with E-state index in [1.54, 1.807) is 0 Å². The fraction of sp³-hybridized carbons (Fsp3) is 0.462. The summed E-state index contributed by atoms with van der Waals surface area (Å²) in [6.07, 6.45) is 3.07. The highest BCUT2D eigenvalue weighted by molar-refractivity contribution is 7.99. The van der Waals surface area contributed by atoms with Gasteiger partial charge in [-0.05, 0) is 24.3 Å². The smallest absolute Gasteiger partial charge is 0.162 e. The van der Waals surface area contributed by atoms with E-state index in [1.807, 2.05) is 43.0 Å². The largest absolute Gasteiger partial charge is 0.294 e. The third-order valence-electron chi connectivity index (χ3n) is 2.26. The topological polar surface area (TPSA) is 17.1 Å². The molecule has 0 saturated carbocycles. The van der Waals surface area contributed by atoms with E-state index in [9.17, 15) is 4.79 Å². The number of unbranched alkanes of at least 4 members (excludes halogenated alkanes) is 1. The first-order valence-electron chi connectivity index (χ1n) is 5.54. The molecule has 1 aromatic carbocycles. The van der Waals surface area contributed by atoms with E-state index in [4.69, 9.17) is 0 Å². The molecule has 0 spiro atoms. The van der Waals surface area contributed by atoms with Crippen LogP contribution in [-0.4, -0.2) is 11.5 Å². The summed E-state index contributed by atoms with van der Waals surface area (Å²) in [4.78, 5) is 12.6. The van der Waals surface area contributed by atoms with E-state index < -0.39 is 0 Å². The van der Waals surface area contributed by atoms with Crippen molar-refractivity contribution in [2.75, 3.05) is 5.75 Å². The first kappa shape index (κ1) is 12.3. The summed E-state index contributed by atoms with van der Waals surface area (Å²) in [6, 6.07) is 7.95. The second kappa shape index (κ2) is 6.67. The number of hydrogen-bond acceptors (Lipinski definition) is 2. The number of hydrogen-bond donors (Lipinski definition) is 0. The molecule has 15 heavy (non-hydrogen) atoms. The fourth-order valence-corrected chi connectivity index (χ4v) is 2.27. The van der Waals surface area contributed by atoms with Gasteiger partial charge in [0, 0.05) is 16.9 Å². The van der Waals surface area contributed by atoms with E-state index in [0.29, 0.717) is 6.42 Å². The lowest BCUT2D eigenvalue weighted by molar-refractivity contribution is 0.0988. The van der Waals surface area contributed by atoms with Gasteiger partial charge in [-0.1, -0.05) is 32.4 Å². The van der Waals surface area contributed by atoms with E-state index >= 15 is 0 Å². The Morgan fingerprint density at radius 1 is 1.20 bits per heavy atom. The molecule has 0 bridgehead atoms. The lowest BCUT2D eigenvalue weighted by Crippen LogP contribution is -1.95. The number of thioether (sulfide) groups is 1. The van der Waals surface area contributed by atoms with Crippen LogP contribution >= 0.6 is 11.8 Å². The van der Waals surface area contributed by atoms with E-state index in [-0.39, 0.29) is 5.78 Å². The summed E-state index contributed by atoms with van der Waals surface area (Å²) in [6.45, 7) is 4.09. The minimum Gasteiger partial charge on any atom is -0.294 e. The zero-order valence-electron chi connectivity index (χ0n) is 9.45. The van der Waals surface area contributed by atoms with Gasteiger partial charge in [-0.25, -0.2) is 0 Å². The van der Waals surface area contributed by atoms with Crippen molar-refractivity contribution >= 4 is 17.5 Å². The molecule has 2 heteroatoms. The van der Waals surface area contributed by atoms with Gasteiger partial charge in [-0.2, -0.15) is 0 Å². The Hall–Kier alpha value is -0.760. The monoisotopic (exact) mass is 222 g/mol. The molecule has 0 aliphatic heterocycles. The number of rotatable bonds is 6. The summed E-state index contributed by atoms with van der Waals surface area (Å²) >= 11 is 1.86. The summed E-state index contributed by atoms with van der Waals surface area (Å²) in [5.41, 5.74) is 0.831. The minimum atomic E-state index is 0.222. The van der Waals surface area contributed by atoms with Crippen LogP contribution in [0, 0.1) is 0 Å². The second-order valence-electron chi connectivity index (χ2n) is 3.50. The summed E-state index contributed by atoms with van der Waals surface area (Å²) in [7, 11) is 0. The first-order valence-corrected chi connectivity index (χ1v) is 6.52. The van der Waals surface area contributed by atoms with Crippen LogP contribution in [0.4, 0.5) is 0 Å². The van der Waals surface area contributed by atoms with Crippen molar-refractivity contribution in [3.05, 3.63) is 29.8 Å². The Morgan fingerprint density at radius 2 is 1.87 bits per heavy atom. The number of benzene rings is 1. The van der Waals surface area contributed by atoms with Gasteiger partial charge in [0.1, 0.15) is 0 Å². The Morgan fingerprint density at radius 3 is 2.40 bits per heavy atom. The standard InChI is InChI=1S/C13H18OS/c1-3-5-10-15-12-8-6-11(7-9-12)13(14)4-2/h6-9H,3-5,10H2,1-2H3. The van der Waals surface area contributed by atoms with Gasteiger partial charge in [0.05, 0.1) is 0 Å². The van der Waals surface area contributed by atoms with Crippen LogP contribution in [0.15, 0.2) is 29.2 Å². The fourth-order valence-electron chi connectivity index (χ4n) is 1.28. The third-order valence-corrected chi connectivity index (χ3v) is 3.36. The molecule has 1 aromatic rings. The molecule has 82 valence electrons. The third kappa shape index (κ3) is 4.08. The van der Waals surface area contributed by atoms with Crippen LogP contribution in [0.5, 0.6) is 0 Å². The van der Waals surface area contributed by atoms with Crippen LogP contribution in [0.2, 0.25) is 0 Å². The van der Waals surface area contributed by atoms with Crippen molar-refractivity contribution < 1.29 is 4.79 Å². The predicted octanol–water partition coefficient (Wildman–Crippen LogP) is 4.17. The van der Waals surface area contributed by atoms with Crippen molar-refractivity contribution in [2.45, 2.75) is 38.0 Å². The second-order valence-corrected chi connectivity index (χ2v) is 4.67.